The Balaban J connectivity index is 2.29. The van der Waals surface area contributed by atoms with Gasteiger partial charge >= 0.3 is 0 Å². The number of hydrogen-bond donors (Lipinski definition) is 0. The summed E-state index contributed by atoms with van der Waals surface area (Å²) in [5.74, 6) is 1.03. The number of aromatic nitrogens is 2. The third-order valence-electron chi connectivity index (χ3n) is 2.37. The highest BCUT2D eigenvalue weighted by molar-refractivity contribution is 9.11. The number of rotatable bonds is 4. The summed E-state index contributed by atoms with van der Waals surface area (Å²) in [6.45, 7) is 2.07. The fourth-order valence-electron chi connectivity index (χ4n) is 1.54. The van der Waals surface area contributed by atoms with Gasteiger partial charge in [0.25, 0.3) is 5.89 Å². The smallest absolute Gasteiger partial charge is 0.258 e. The first-order chi connectivity index (χ1) is 8.60. The molecule has 96 valence electrons. The molecule has 0 amide bonds. The van der Waals surface area contributed by atoms with E-state index in [0.29, 0.717) is 11.7 Å². The Morgan fingerprint density at radius 3 is 2.56 bits per heavy atom. The van der Waals surface area contributed by atoms with Gasteiger partial charge in [-0.05, 0) is 24.6 Å². The van der Waals surface area contributed by atoms with Gasteiger partial charge in [-0.3, -0.25) is 0 Å². The van der Waals surface area contributed by atoms with E-state index >= 15 is 0 Å². The normalized spacial score (nSPS) is 12.7. The molecule has 3 nitrogen and oxygen atoms in total. The minimum Gasteiger partial charge on any atom is -0.334 e. The predicted octanol–water partition coefficient (Wildman–Crippen LogP) is 5.34. The Morgan fingerprint density at radius 2 is 1.94 bits per heavy atom. The molecule has 0 aliphatic carbocycles. The summed E-state index contributed by atoms with van der Waals surface area (Å²) in [6, 6.07) is 5.79. The zero-order valence-electron chi connectivity index (χ0n) is 9.66. The van der Waals surface area contributed by atoms with Crippen molar-refractivity contribution in [1.29, 1.82) is 0 Å². The van der Waals surface area contributed by atoms with E-state index in [0.717, 1.165) is 27.4 Å². The molecular formula is C12H11Br2ClN2O. The third kappa shape index (κ3) is 3.33. The lowest BCUT2D eigenvalue weighted by Crippen LogP contribution is -1.92. The summed E-state index contributed by atoms with van der Waals surface area (Å²) in [4.78, 5) is 4.33. The van der Waals surface area contributed by atoms with Gasteiger partial charge in [0, 0.05) is 14.5 Å². The second-order valence-electron chi connectivity index (χ2n) is 3.87. The predicted molar refractivity (Wildman–Crippen MR) is 78.6 cm³/mol. The second-order valence-corrected chi connectivity index (χ2v) is 6.23. The third-order valence-corrected chi connectivity index (χ3v) is 3.70. The molecule has 18 heavy (non-hydrogen) atoms. The highest BCUT2D eigenvalue weighted by Gasteiger charge is 2.16. The van der Waals surface area contributed by atoms with Crippen molar-refractivity contribution in [2.24, 2.45) is 0 Å². The average Bonchev–Trinajstić information content (AvgIpc) is 2.77. The highest BCUT2D eigenvalue weighted by atomic mass is 79.9. The van der Waals surface area contributed by atoms with E-state index in [1.807, 2.05) is 18.2 Å². The fourth-order valence-corrected chi connectivity index (χ4v) is 3.14. The molecule has 0 saturated carbocycles. The molecule has 1 aromatic carbocycles. The van der Waals surface area contributed by atoms with Gasteiger partial charge < -0.3 is 4.52 Å². The summed E-state index contributed by atoms with van der Waals surface area (Å²) >= 11 is 13.0. The summed E-state index contributed by atoms with van der Waals surface area (Å²) in [7, 11) is 0. The average molecular weight is 394 g/mol. The van der Waals surface area contributed by atoms with Crippen molar-refractivity contribution in [3.8, 4) is 11.5 Å². The fraction of sp³-hybridized carbons (Fsp3) is 0.333. The quantitative estimate of drug-likeness (QED) is 0.657. The maximum atomic E-state index is 6.17. The van der Waals surface area contributed by atoms with Crippen molar-refractivity contribution < 1.29 is 4.52 Å². The lowest BCUT2D eigenvalue weighted by molar-refractivity contribution is 0.420. The maximum absolute atomic E-state index is 6.17. The minimum absolute atomic E-state index is 0.192. The molecule has 1 unspecified atom stereocenters. The Morgan fingerprint density at radius 1 is 1.28 bits per heavy atom. The highest BCUT2D eigenvalue weighted by Crippen LogP contribution is 2.29. The second kappa shape index (κ2) is 6.17. The lowest BCUT2D eigenvalue weighted by atomic mass is 10.2. The van der Waals surface area contributed by atoms with Crippen LogP contribution >= 0.6 is 43.5 Å². The van der Waals surface area contributed by atoms with Crippen LogP contribution in [0.2, 0.25) is 0 Å². The largest absolute Gasteiger partial charge is 0.334 e. The molecule has 0 fully saturated rings. The van der Waals surface area contributed by atoms with Crippen LogP contribution in [0, 0.1) is 0 Å². The molecule has 2 rings (SSSR count). The Labute approximate surface area is 127 Å². The minimum atomic E-state index is -0.192. The van der Waals surface area contributed by atoms with Crippen molar-refractivity contribution in [3.05, 3.63) is 33.0 Å². The van der Waals surface area contributed by atoms with Gasteiger partial charge in [-0.2, -0.15) is 4.98 Å². The van der Waals surface area contributed by atoms with Crippen LogP contribution in [-0.2, 0) is 0 Å². The molecule has 0 aliphatic rings. The van der Waals surface area contributed by atoms with Gasteiger partial charge in [0.1, 0.15) is 0 Å². The monoisotopic (exact) mass is 392 g/mol. The van der Waals surface area contributed by atoms with E-state index in [9.17, 15) is 0 Å². The number of benzene rings is 1. The van der Waals surface area contributed by atoms with Gasteiger partial charge in [0.15, 0.2) is 5.82 Å². The van der Waals surface area contributed by atoms with Gasteiger partial charge in [-0.25, -0.2) is 0 Å². The standard InChI is InChI=1S/C12H11Br2ClN2O/c1-2-3-10(15)11-16-12(18-17-11)7-4-8(13)6-9(14)5-7/h4-6,10H,2-3H2,1H3. The van der Waals surface area contributed by atoms with Gasteiger partial charge in [-0.15, -0.1) is 11.6 Å². The van der Waals surface area contributed by atoms with Crippen molar-refractivity contribution in [2.45, 2.75) is 25.1 Å². The molecule has 0 N–H and O–H groups in total. The molecule has 0 saturated heterocycles. The summed E-state index contributed by atoms with van der Waals surface area (Å²) in [5.41, 5.74) is 0.857. The Kier molecular flexibility index (Phi) is 4.81. The van der Waals surface area contributed by atoms with Crippen LogP contribution in [0.1, 0.15) is 31.0 Å². The van der Waals surface area contributed by atoms with Crippen LogP contribution in [-0.4, -0.2) is 10.1 Å². The number of alkyl halides is 1. The van der Waals surface area contributed by atoms with Crippen molar-refractivity contribution in [2.75, 3.05) is 0 Å². The summed E-state index contributed by atoms with van der Waals surface area (Å²) in [6.07, 6.45) is 1.82. The van der Waals surface area contributed by atoms with Gasteiger partial charge in [0.05, 0.1) is 5.38 Å². The molecule has 1 heterocycles. The van der Waals surface area contributed by atoms with Crippen molar-refractivity contribution >= 4 is 43.5 Å². The number of halogens is 3. The molecule has 2 aromatic rings. The van der Waals surface area contributed by atoms with Gasteiger partial charge in [0.2, 0.25) is 0 Å². The Bertz CT molecular complexity index is 524. The first-order valence-electron chi connectivity index (χ1n) is 5.54. The first kappa shape index (κ1) is 14.0. The summed E-state index contributed by atoms with van der Waals surface area (Å²) < 4.78 is 7.13. The van der Waals surface area contributed by atoms with E-state index in [1.165, 1.54) is 0 Å². The van der Waals surface area contributed by atoms with Gasteiger partial charge in [-0.1, -0.05) is 50.4 Å². The number of nitrogens with zero attached hydrogens (tertiary/aromatic N) is 2. The van der Waals surface area contributed by atoms with Crippen LogP contribution in [0.25, 0.3) is 11.5 Å². The SMILES string of the molecule is CCCC(Cl)c1noc(-c2cc(Br)cc(Br)c2)n1. The molecular weight excluding hydrogens is 383 g/mol. The molecule has 6 heteroatoms. The topological polar surface area (TPSA) is 38.9 Å². The van der Waals surface area contributed by atoms with E-state index in [1.54, 1.807) is 0 Å². The number of hydrogen-bond acceptors (Lipinski definition) is 3. The zero-order chi connectivity index (χ0) is 13.1. The molecule has 0 aliphatic heterocycles. The molecule has 0 bridgehead atoms. The Hall–Kier alpha value is -0.390. The van der Waals surface area contributed by atoms with E-state index in [4.69, 9.17) is 16.1 Å². The van der Waals surface area contributed by atoms with E-state index in [-0.39, 0.29) is 5.38 Å². The molecule has 1 aromatic heterocycles. The van der Waals surface area contributed by atoms with Crippen LogP contribution < -0.4 is 0 Å². The van der Waals surface area contributed by atoms with Crippen LogP contribution in [0.3, 0.4) is 0 Å². The zero-order valence-corrected chi connectivity index (χ0v) is 13.6. The van der Waals surface area contributed by atoms with Crippen molar-refractivity contribution in [3.63, 3.8) is 0 Å². The van der Waals surface area contributed by atoms with E-state index < -0.39 is 0 Å². The molecule has 0 spiro atoms. The molecule has 1 atom stereocenters. The maximum Gasteiger partial charge on any atom is 0.258 e. The van der Waals surface area contributed by atoms with Crippen molar-refractivity contribution in [1.82, 2.24) is 10.1 Å². The van der Waals surface area contributed by atoms with Crippen LogP contribution in [0.15, 0.2) is 31.7 Å². The first-order valence-corrected chi connectivity index (χ1v) is 7.56. The van der Waals surface area contributed by atoms with Crippen LogP contribution in [0.4, 0.5) is 0 Å². The lowest BCUT2D eigenvalue weighted by Gasteiger charge is -2.00. The molecule has 0 radical (unpaired) electrons. The summed E-state index contributed by atoms with van der Waals surface area (Å²) in [5, 5.41) is 3.73. The van der Waals surface area contributed by atoms with E-state index in [2.05, 4.69) is 48.9 Å². The van der Waals surface area contributed by atoms with Crippen LogP contribution in [0.5, 0.6) is 0 Å².